The highest BCUT2D eigenvalue weighted by atomic mass is 79.9. The van der Waals surface area contributed by atoms with Crippen LogP contribution >= 0.6 is 27.5 Å². The van der Waals surface area contributed by atoms with Gasteiger partial charge in [-0.15, -0.1) is 0 Å². The van der Waals surface area contributed by atoms with Crippen LogP contribution in [0.25, 0.3) is 0 Å². The summed E-state index contributed by atoms with van der Waals surface area (Å²) in [6.45, 7) is 0. The van der Waals surface area contributed by atoms with Crippen LogP contribution in [0.15, 0.2) is 40.9 Å². The van der Waals surface area contributed by atoms with Crippen LogP contribution in [0.3, 0.4) is 0 Å². The second kappa shape index (κ2) is 5.35. The number of benzene rings is 2. The van der Waals surface area contributed by atoms with E-state index < -0.39 is 6.10 Å². The average molecular weight is 358 g/mol. The topological polar surface area (TPSA) is 29.5 Å². The number of aliphatic hydroxyl groups excluding tert-OH is 1. The summed E-state index contributed by atoms with van der Waals surface area (Å²) in [5, 5.41) is 10.8. The Morgan fingerprint density at radius 2 is 1.95 bits per heavy atom. The highest BCUT2D eigenvalue weighted by Gasteiger charge is 2.29. The Balaban J connectivity index is 1.98. The van der Waals surface area contributed by atoms with Gasteiger partial charge in [-0.1, -0.05) is 33.6 Å². The van der Waals surface area contributed by atoms with Crippen molar-refractivity contribution in [1.29, 1.82) is 0 Å². The van der Waals surface area contributed by atoms with E-state index in [-0.39, 0.29) is 11.9 Å². The largest absolute Gasteiger partial charge is 0.485 e. The molecule has 1 aliphatic heterocycles. The van der Waals surface area contributed by atoms with E-state index in [1.807, 2.05) is 6.07 Å². The maximum absolute atomic E-state index is 13.3. The first kappa shape index (κ1) is 13.9. The fraction of sp³-hybridized carbons (Fsp3) is 0.200. The lowest BCUT2D eigenvalue weighted by molar-refractivity contribution is 0.0650. The van der Waals surface area contributed by atoms with Gasteiger partial charge in [0.15, 0.2) is 0 Å². The zero-order valence-electron chi connectivity index (χ0n) is 10.3. The Morgan fingerprint density at radius 3 is 2.70 bits per heavy atom. The molecular formula is C15H11BrClFO2. The second-order valence-electron chi connectivity index (χ2n) is 4.71. The molecule has 0 saturated heterocycles. The molecule has 0 aromatic heterocycles. The monoisotopic (exact) mass is 356 g/mol. The standard InChI is InChI=1S/C15H11BrClFO2/c16-12-5-8(17)1-3-10(12)15-7-13(19)11-4-2-9(18)6-14(11)20-15/h1-6,13,15,19H,7H2/t13-,15?/m1/s1. The lowest BCUT2D eigenvalue weighted by atomic mass is 9.95. The van der Waals surface area contributed by atoms with Gasteiger partial charge >= 0.3 is 0 Å². The number of ether oxygens (including phenoxy) is 1. The third-order valence-corrected chi connectivity index (χ3v) is 4.27. The van der Waals surface area contributed by atoms with E-state index in [2.05, 4.69) is 15.9 Å². The van der Waals surface area contributed by atoms with Gasteiger partial charge in [0.05, 0.1) is 6.10 Å². The van der Waals surface area contributed by atoms with Crippen LogP contribution in [0.5, 0.6) is 5.75 Å². The molecule has 1 unspecified atom stereocenters. The molecule has 2 nitrogen and oxygen atoms in total. The number of hydrogen-bond donors (Lipinski definition) is 1. The molecule has 1 heterocycles. The molecule has 0 aliphatic carbocycles. The summed E-state index contributed by atoms with van der Waals surface area (Å²) in [5.41, 5.74) is 1.50. The maximum atomic E-state index is 13.3. The molecule has 0 fully saturated rings. The first-order valence-corrected chi connectivity index (χ1v) is 7.31. The number of fused-ring (bicyclic) bond motifs is 1. The van der Waals surface area contributed by atoms with Gasteiger partial charge in [0.1, 0.15) is 17.7 Å². The van der Waals surface area contributed by atoms with E-state index in [4.69, 9.17) is 16.3 Å². The molecule has 1 aliphatic rings. The van der Waals surface area contributed by atoms with E-state index in [1.54, 1.807) is 18.2 Å². The minimum Gasteiger partial charge on any atom is -0.485 e. The van der Waals surface area contributed by atoms with Gasteiger partial charge in [0.2, 0.25) is 0 Å². The van der Waals surface area contributed by atoms with Gasteiger partial charge in [0.25, 0.3) is 0 Å². The zero-order chi connectivity index (χ0) is 14.3. The van der Waals surface area contributed by atoms with E-state index in [1.165, 1.54) is 12.1 Å². The number of rotatable bonds is 1. The van der Waals surface area contributed by atoms with Crippen molar-refractivity contribution in [3.05, 3.63) is 62.8 Å². The van der Waals surface area contributed by atoms with Crippen LogP contribution in [0.2, 0.25) is 5.02 Å². The fourth-order valence-corrected chi connectivity index (χ4v) is 3.31. The predicted octanol–water partition coefficient (Wildman–Crippen LogP) is 4.80. The smallest absolute Gasteiger partial charge is 0.128 e. The van der Waals surface area contributed by atoms with Crippen LogP contribution in [0.4, 0.5) is 4.39 Å². The van der Waals surface area contributed by atoms with Gasteiger partial charge in [-0.3, -0.25) is 0 Å². The normalized spacial score (nSPS) is 21.2. The van der Waals surface area contributed by atoms with Gasteiger partial charge in [-0.25, -0.2) is 4.39 Å². The van der Waals surface area contributed by atoms with Crippen molar-refractivity contribution in [2.75, 3.05) is 0 Å². The Morgan fingerprint density at radius 1 is 1.20 bits per heavy atom. The highest BCUT2D eigenvalue weighted by molar-refractivity contribution is 9.10. The van der Waals surface area contributed by atoms with Crippen molar-refractivity contribution < 1.29 is 14.2 Å². The quantitative estimate of drug-likeness (QED) is 0.794. The Hall–Kier alpha value is -1.10. The molecular weight excluding hydrogens is 347 g/mol. The van der Waals surface area contributed by atoms with Crippen molar-refractivity contribution in [3.8, 4) is 5.75 Å². The third-order valence-electron chi connectivity index (χ3n) is 3.35. The molecule has 1 N–H and O–H groups in total. The molecule has 0 spiro atoms. The van der Waals surface area contributed by atoms with Crippen molar-refractivity contribution in [2.24, 2.45) is 0 Å². The number of aliphatic hydroxyl groups is 1. The average Bonchev–Trinajstić information content (AvgIpc) is 2.37. The van der Waals surface area contributed by atoms with Crippen molar-refractivity contribution in [2.45, 2.75) is 18.6 Å². The second-order valence-corrected chi connectivity index (χ2v) is 6.00. The molecule has 104 valence electrons. The van der Waals surface area contributed by atoms with Crippen LogP contribution in [-0.4, -0.2) is 5.11 Å². The predicted molar refractivity (Wildman–Crippen MR) is 78.5 cm³/mol. The van der Waals surface area contributed by atoms with Crippen molar-refractivity contribution >= 4 is 27.5 Å². The molecule has 3 rings (SSSR count). The Kier molecular flexibility index (Phi) is 3.71. The first-order valence-electron chi connectivity index (χ1n) is 6.13. The summed E-state index contributed by atoms with van der Waals surface area (Å²) in [4.78, 5) is 0. The van der Waals surface area contributed by atoms with E-state index in [0.717, 1.165) is 10.0 Å². The molecule has 2 atom stereocenters. The third kappa shape index (κ3) is 2.55. The van der Waals surface area contributed by atoms with Gasteiger partial charge in [-0.2, -0.15) is 0 Å². The minimum atomic E-state index is -0.674. The highest BCUT2D eigenvalue weighted by Crippen LogP contribution is 2.42. The van der Waals surface area contributed by atoms with Crippen LogP contribution < -0.4 is 4.74 Å². The maximum Gasteiger partial charge on any atom is 0.128 e. The van der Waals surface area contributed by atoms with Gasteiger partial charge < -0.3 is 9.84 Å². The van der Waals surface area contributed by atoms with Gasteiger partial charge in [-0.05, 0) is 24.3 Å². The van der Waals surface area contributed by atoms with Crippen LogP contribution in [-0.2, 0) is 0 Å². The lowest BCUT2D eigenvalue weighted by Gasteiger charge is -2.30. The molecule has 0 saturated carbocycles. The number of hydrogen-bond acceptors (Lipinski definition) is 2. The molecule has 0 radical (unpaired) electrons. The van der Waals surface area contributed by atoms with Crippen molar-refractivity contribution in [3.63, 3.8) is 0 Å². The Labute approximate surface area is 129 Å². The molecule has 0 bridgehead atoms. The summed E-state index contributed by atoms with van der Waals surface area (Å²) >= 11 is 9.35. The zero-order valence-corrected chi connectivity index (χ0v) is 12.7. The number of halogens is 3. The summed E-state index contributed by atoms with van der Waals surface area (Å²) in [5.74, 6) is 0.00220. The summed E-state index contributed by atoms with van der Waals surface area (Å²) < 4.78 is 19.9. The minimum absolute atomic E-state index is 0.342. The fourth-order valence-electron chi connectivity index (χ4n) is 2.37. The van der Waals surface area contributed by atoms with E-state index in [0.29, 0.717) is 22.8 Å². The summed E-state index contributed by atoms with van der Waals surface area (Å²) in [7, 11) is 0. The molecule has 20 heavy (non-hydrogen) atoms. The van der Waals surface area contributed by atoms with Crippen LogP contribution in [0, 0.1) is 5.82 Å². The molecule has 0 amide bonds. The van der Waals surface area contributed by atoms with E-state index >= 15 is 0 Å². The lowest BCUT2D eigenvalue weighted by Crippen LogP contribution is -2.19. The van der Waals surface area contributed by atoms with E-state index in [9.17, 15) is 9.50 Å². The molecule has 2 aromatic carbocycles. The first-order chi connectivity index (χ1) is 9.54. The molecule has 2 aromatic rings. The van der Waals surface area contributed by atoms with Crippen LogP contribution in [0.1, 0.15) is 29.8 Å². The molecule has 5 heteroatoms. The SMILES string of the molecule is O[C@@H]1CC(c2ccc(Cl)cc2Br)Oc2cc(F)ccc21. The van der Waals surface area contributed by atoms with Crippen molar-refractivity contribution in [1.82, 2.24) is 0 Å². The Bertz CT molecular complexity index is 662. The summed E-state index contributed by atoms with van der Waals surface area (Å²) in [6.07, 6.45) is -0.600. The summed E-state index contributed by atoms with van der Waals surface area (Å²) in [6, 6.07) is 9.56. The van der Waals surface area contributed by atoms with Gasteiger partial charge in [0, 0.05) is 33.1 Å².